The lowest BCUT2D eigenvalue weighted by Crippen LogP contribution is -2.40. The Hall–Kier alpha value is -4.38. The summed E-state index contributed by atoms with van der Waals surface area (Å²) in [6.45, 7) is 3.34. The molecule has 35 heavy (non-hydrogen) atoms. The Balaban J connectivity index is 1.40. The van der Waals surface area contributed by atoms with Gasteiger partial charge in [0.1, 0.15) is 35.3 Å². The molecule has 8 nitrogen and oxygen atoms in total. The van der Waals surface area contributed by atoms with Crippen molar-refractivity contribution in [2.75, 3.05) is 25.4 Å². The third-order valence-corrected chi connectivity index (χ3v) is 5.96. The lowest BCUT2D eigenvalue weighted by Gasteiger charge is -2.31. The molecule has 3 aromatic rings. The lowest BCUT2D eigenvalue weighted by molar-refractivity contribution is -0.128. The molecule has 0 bridgehead atoms. The molecule has 8 heteroatoms. The van der Waals surface area contributed by atoms with Crippen molar-refractivity contribution in [1.82, 2.24) is 14.9 Å². The number of carbonyl (C=O) groups excluding carboxylic acids is 1. The molecule has 1 amide bonds. The molecule has 1 fully saturated rings. The monoisotopic (exact) mass is 469 g/mol. The number of nitrogen functional groups attached to an aromatic ring is 1. The SMILES string of the molecule is C/C=C(/C#N)C(=O)N1CCC(COc2ncnc(N)c2-c2ccc(Oc3ccccc3)cc2)CC1. The van der Waals surface area contributed by atoms with E-state index in [0.717, 1.165) is 24.2 Å². The van der Waals surface area contributed by atoms with Crippen LogP contribution in [0.2, 0.25) is 0 Å². The van der Waals surface area contributed by atoms with Crippen LogP contribution in [-0.4, -0.2) is 40.5 Å². The van der Waals surface area contributed by atoms with E-state index in [0.29, 0.717) is 42.7 Å². The van der Waals surface area contributed by atoms with Crippen LogP contribution in [0.4, 0.5) is 5.82 Å². The van der Waals surface area contributed by atoms with Gasteiger partial charge in [-0.25, -0.2) is 9.97 Å². The molecule has 2 heterocycles. The first-order chi connectivity index (χ1) is 17.1. The zero-order valence-corrected chi connectivity index (χ0v) is 19.6. The van der Waals surface area contributed by atoms with E-state index in [1.807, 2.05) is 60.7 Å². The normalized spacial score (nSPS) is 14.3. The summed E-state index contributed by atoms with van der Waals surface area (Å²) in [6, 6.07) is 19.1. The molecule has 0 aliphatic carbocycles. The standard InChI is InChI=1S/C27H27N5O3/c1-2-20(16-28)27(33)32-14-12-19(13-15-32)17-34-26-24(25(29)30-18-31-26)21-8-10-23(11-9-21)35-22-6-4-3-5-7-22/h2-11,18-19H,12-15,17H2,1H3,(H2,29,30,31)/b20-2-. The van der Waals surface area contributed by atoms with Crippen molar-refractivity contribution < 1.29 is 14.3 Å². The largest absolute Gasteiger partial charge is 0.477 e. The molecule has 1 aromatic heterocycles. The summed E-state index contributed by atoms with van der Waals surface area (Å²) < 4.78 is 12.0. The fourth-order valence-corrected chi connectivity index (χ4v) is 3.98. The zero-order chi connectivity index (χ0) is 24.6. The van der Waals surface area contributed by atoms with Crippen molar-refractivity contribution in [3.05, 3.63) is 72.6 Å². The van der Waals surface area contributed by atoms with Crippen LogP contribution in [0.1, 0.15) is 19.8 Å². The number of para-hydroxylation sites is 1. The number of nitriles is 1. The van der Waals surface area contributed by atoms with E-state index in [4.69, 9.17) is 20.5 Å². The zero-order valence-electron chi connectivity index (χ0n) is 19.6. The van der Waals surface area contributed by atoms with Gasteiger partial charge in [-0.05, 0) is 55.5 Å². The van der Waals surface area contributed by atoms with Crippen molar-refractivity contribution in [1.29, 1.82) is 5.26 Å². The van der Waals surface area contributed by atoms with Crippen LogP contribution in [0.5, 0.6) is 17.4 Å². The maximum atomic E-state index is 12.4. The Labute approximate surface area is 204 Å². The highest BCUT2D eigenvalue weighted by Crippen LogP contribution is 2.34. The highest BCUT2D eigenvalue weighted by Gasteiger charge is 2.25. The lowest BCUT2D eigenvalue weighted by atomic mass is 9.97. The smallest absolute Gasteiger partial charge is 0.264 e. The second-order valence-electron chi connectivity index (χ2n) is 8.24. The number of nitrogens with two attached hydrogens (primary N) is 1. The van der Waals surface area contributed by atoms with E-state index in [1.165, 1.54) is 6.33 Å². The fraction of sp³-hybridized carbons (Fsp3) is 0.259. The maximum absolute atomic E-state index is 12.4. The van der Waals surface area contributed by atoms with E-state index in [1.54, 1.807) is 17.9 Å². The van der Waals surface area contributed by atoms with E-state index in [2.05, 4.69) is 9.97 Å². The molecular weight excluding hydrogens is 442 g/mol. The van der Waals surface area contributed by atoms with Gasteiger partial charge in [0.15, 0.2) is 0 Å². The van der Waals surface area contributed by atoms with Crippen molar-refractivity contribution in [2.24, 2.45) is 5.92 Å². The van der Waals surface area contributed by atoms with E-state index >= 15 is 0 Å². The summed E-state index contributed by atoms with van der Waals surface area (Å²) in [5, 5.41) is 9.10. The minimum atomic E-state index is -0.208. The van der Waals surface area contributed by atoms with Gasteiger partial charge >= 0.3 is 0 Å². The topological polar surface area (TPSA) is 114 Å². The number of amides is 1. The predicted molar refractivity (Wildman–Crippen MR) is 133 cm³/mol. The number of aromatic nitrogens is 2. The van der Waals surface area contributed by atoms with Crippen molar-refractivity contribution in [3.63, 3.8) is 0 Å². The van der Waals surface area contributed by atoms with Gasteiger partial charge in [-0.1, -0.05) is 36.4 Å². The highest BCUT2D eigenvalue weighted by molar-refractivity contribution is 5.97. The Morgan fingerprint density at radius 1 is 1.11 bits per heavy atom. The average molecular weight is 470 g/mol. The molecule has 0 saturated carbocycles. The van der Waals surface area contributed by atoms with Gasteiger partial charge < -0.3 is 20.1 Å². The van der Waals surface area contributed by atoms with E-state index in [-0.39, 0.29) is 17.4 Å². The Morgan fingerprint density at radius 2 is 1.80 bits per heavy atom. The van der Waals surface area contributed by atoms with Gasteiger partial charge in [-0.2, -0.15) is 5.26 Å². The van der Waals surface area contributed by atoms with Crippen LogP contribution in [0.25, 0.3) is 11.1 Å². The number of ether oxygens (including phenoxy) is 2. The van der Waals surface area contributed by atoms with Crippen LogP contribution < -0.4 is 15.2 Å². The molecule has 2 N–H and O–H groups in total. The van der Waals surface area contributed by atoms with Crippen molar-refractivity contribution in [2.45, 2.75) is 19.8 Å². The Kier molecular flexibility index (Phi) is 7.58. The minimum absolute atomic E-state index is 0.181. The predicted octanol–water partition coefficient (Wildman–Crippen LogP) is 4.61. The second-order valence-corrected chi connectivity index (χ2v) is 8.24. The molecule has 0 unspecified atom stereocenters. The van der Waals surface area contributed by atoms with Gasteiger partial charge in [-0.15, -0.1) is 0 Å². The molecule has 178 valence electrons. The average Bonchev–Trinajstić information content (AvgIpc) is 2.90. The number of hydrogen-bond acceptors (Lipinski definition) is 7. The van der Waals surface area contributed by atoms with Gasteiger partial charge in [0, 0.05) is 13.1 Å². The number of likely N-dealkylation sites (tertiary alicyclic amines) is 1. The van der Waals surface area contributed by atoms with Gasteiger partial charge in [0.2, 0.25) is 5.88 Å². The molecule has 1 aliphatic heterocycles. The van der Waals surface area contributed by atoms with Gasteiger partial charge in [-0.3, -0.25) is 4.79 Å². The van der Waals surface area contributed by atoms with Crippen LogP contribution in [0, 0.1) is 17.2 Å². The fourth-order valence-electron chi connectivity index (χ4n) is 3.98. The minimum Gasteiger partial charge on any atom is -0.477 e. The quantitative estimate of drug-likeness (QED) is 0.397. The molecular formula is C27H27N5O3. The number of rotatable bonds is 7. The number of piperidine rings is 1. The number of anilines is 1. The summed E-state index contributed by atoms with van der Waals surface area (Å²) in [5.74, 6) is 2.28. The molecule has 0 spiro atoms. The summed E-state index contributed by atoms with van der Waals surface area (Å²) in [4.78, 5) is 22.6. The molecule has 0 atom stereocenters. The van der Waals surface area contributed by atoms with Gasteiger partial charge in [0.05, 0.1) is 12.2 Å². The summed E-state index contributed by atoms with van der Waals surface area (Å²) in [6.07, 6.45) is 4.52. The van der Waals surface area contributed by atoms with E-state index < -0.39 is 0 Å². The summed E-state index contributed by atoms with van der Waals surface area (Å²) in [5.41, 5.74) is 7.84. The Bertz CT molecular complexity index is 1230. The first-order valence-corrected chi connectivity index (χ1v) is 11.5. The number of nitrogens with zero attached hydrogens (tertiary/aromatic N) is 4. The summed E-state index contributed by atoms with van der Waals surface area (Å²) >= 11 is 0. The van der Waals surface area contributed by atoms with Crippen molar-refractivity contribution >= 4 is 11.7 Å². The van der Waals surface area contributed by atoms with Crippen LogP contribution in [-0.2, 0) is 4.79 Å². The molecule has 1 saturated heterocycles. The van der Waals surface area contributed by atoms with E-state index in [9.17, 15) is 4.79 Å². The number of benzene rings is 2. The number of carbonyl (C=O) groups is 1. The van der Waals surface area contributed by atoms with Gasteiger partial charge in [0.25, 0.3) is 5.91 Å². The number of allylic oxidation sites excluding steroid dienone is 1. The third kappa shape index (κ3) is 5.76. The van der Waals surface area contributed by atoms with Crippen LogP contribution in [0.3, 0.4) is 0 Å². The molecule has 4 rings (SSSR count). The highest BCUT2D eigenvalue weighted by atomic mass is 16.5. The van der Waals surface area contributed by atoms with Crippen molar-refractivity contribution in [3.8, 4) is 34.6 Å². The second kappa shape index (κ2) is 11.2. The first-order valence-electron chi connectivity index (χ1n) is 11.5. The molecule has 1 aliphatic rings. The van der Waals surface area contributed by atoms with Crippen LogP contribution >= 0.6 is 0 Å². The van der Waals surface area contributed by atoms with Crippen LogP contribution in [0.15, 0.2) is 72.6 Å². The maximum Gasteiger partial charge on any atom is 0.264 e. The first kappa shape index (κ1) is 23.8. The molecule has 2 aromatic carbocycles. The third-order valence-electron chi connectivity index (χ3n) is 5.96. The Morgan fingerprint density at radius 3 is 2.46 bits per heavy atom. The molecule has 0 radical (unpaired) electrons. The number of hydrogen-bond donors (Lipinski definition) is 1. The summed E-state index contributed by atoms with van der Waals surface area (Å²) in [7, 11) is 0.